The maximum Gasteiger partial charge on any atom is 0.243 e. The van der Waals surface area contributed by atoms with Gasteiger partial charge in [-0.05, 0) is 75.1 Å². The van der Waals surface area contributed by atoms with Gasteiger partial charge in [0.05, 0.1) is 11.4 Å². The number of carbonyl (C=O) groups is 1. The van der Waals surface area contributed by atoms with Crippen molar-refractivity contribution in [2.45, 2.75) is 57.1 Å². The molecule has 1 amide bonds. The van der Waals surface area contributed by atoms with Crippen LogP contribution in [0.15, 0.2) is 65.8 Å². The Morgan fingerprint density at radius 1 is 1.14 bits per heavy atom. The third kappa shape index (κ3) is 6.31. The molecule has 0 aliphatic carbocycles. The van der Waals surface area contributed by atoms with Crippen molar-refractivity contribution < 1.29 is 17.6 Å². The normalized spacial score (nSPS) is 15.9. The molecule has 2 heterocycles. The van der Waals surface area contributed by atoms with Crippen LogP contribution in [-0.4, -0.2) is 53.8 Å². The Hall–Kier alpha value is -3.37. The summed E-state index contributed by atoms with van der Waals surface area (Å²) < 4.78 is 40.4. The lowest BCUT2D eigenvalue weighted by molar-refractivity contribution is -0.121. The van der Waals surface area contributed by atoms with Crippen LogP contribution < -0.4 is 10.2 Å². The van der Waals surface area contributed by atoms with Gasteiger partial charge in [0.1, 0.15) is 5.82 Å². The molecule has 4 rings (SSSR count). The first-order valence-corrected chi connectivity index (χ1v) is 13.8. The van der Waals surface area contributed by atoms with Gasteiger partial charge in [-0.2, -0.15) is 4.31 Å². The van der Waals surface area contributed by atoms with Gasteiger partial charge >= 0.3 is 0 Å². The summed E-state index contributed by atoms with van der Waals surface area (Å²) in [5.74, 6) is -0.224. The van der Waals surface area contributed by atoms with Gasteiger partial charge < -0.3 is 10.2 Å². The van der Waals surface area contributed by atoms with Crippen molar-refractivity contribution in [3.05, 3.63) is 72.3 Å². The van der Waals surface area contributed by atoms with E-state index < -0.39 is 27.8 Å². The molecule has 1 fully saturated rings. The number of hydrogen-bond acceptors (Lipinski definition) is 6. The second kappa shape index (κ2) is 11.4. The van der Waals surface area contributed by atoms with Gasteiger partial charge in [-0.15, -0.1) is 0 Å². The Kier molecular flexibility index (Phi) is 8.19. The second-order valence-electron chi connectivity index (χ2n) is 9.53. The molecule has 0 saturated carbocycles. The zero-order valence-corrected chi connectivity index (χ0v) is 22.1. The molecular weight excluding hydrogens is 493 g/mol. The molecule has 0 spiro atoms. The minimum absolute atomic E-state index is 0.0597. The van der Waals surface area contributed by atoms with Crippen molar-refractivity contribution in [2.24, 2.45) is 0 Å². The smallest absolute Gasteiger partial charge is 0.243 e. The Balaban J connectivity index is 1.40. The number of sulfonamides is 1. The minimum Gasteiger partial charge on any atom is -0.351 e. The van der Waals surface area contributed by atoms with Crippen LogP contribution in [0.2, 0.25) is 0 Å². The third-order valence-corrected chi connectivity index (χ3v) is 8.53. The summed E-state index contributed by atoms with van der Waals surface area (Å²) in [4.78, 5) is 24.0. The standard InChI is InChI=1S/C27H32FN5O3S/c1-19(2)33(37(35,36)25-11-9-24(28)10-12-25)18-26(34)29-15-21-7-4-8-22(14-21)23-16-30-27(31-17-23)32-13-5-6-20(32)3/h4,7-12,14,16-17,19-20H,5-6,13,15,18H2,1-3H3,(H,29,34)/t20-/m0/s1. The first-order chi connectivity index (χ1) is 17.6. The van der Waals surface area contributed by atoms with Gasteiger partial charge in [-0.3, -0.25) is 4.79 Å². The van der Waals surface area contributed by atoms with Gasteiger partial charge in [-0.25, -0.2) is 22.8 Å². The number of aromatic nitrogens is 2. The summed E-state index contributed by atoms with van der Waals surface area (Å²) in [6, 6.07) is 12.2. The van der Waals surface area contributed by atoms with Crippen LogP contribution in [0.5, 0.6) is 0 Å². The van der Waals surface area contributed by atoms with Crippen LogP contribution in [-0.2, 0) is 21.4 Å². The van der Waals surface area contributed by atoms with Gasteiger partial charge in [0.15, 0.2) is 0 Å². The summed E-state index contributed by atoms with van der Waals surface area (Å²) in [5.41, 5.74) is 2.66. The molecule has 37 heavy (non-hydrogen) atoms. The van der Waals surface area contributed by atoms with Crippen LogP contribution in [0.1, 0.15) is 39.2 Å². The number of nitrogens with one attached hydrogen (secondary N) is 1. The zero-order chi connectivity index (χ0) is 26.6. The highest BCUT2D eigenvalue weighted by molar-refractivity contribution is 7.89. The molecule has 0 unspecified atom stereocenters. The topological polar surface area (TPSA) is 95.5 Å². The molecule has 2 aromatic carbocycles. The molecule has 1 N–H and O–H groups in total. The maximum absolute atomic E-state index is 13.3. The lowest BCUT2D eigenvalue weighted by Gasteiger charge is -2.25. The number of carbonyl (C=O) groups excluding carboxylic acids is 1. The molecule has 0 radical (unpaired) electrons. The predicted octanol–water partition coefficient (Wildman–Crippen LogP) is 3.99. The summed E-state index contributed by atoms with van der Waals surface area (Å²) in [7, 11) is -3.96. The van der Waals surface area contributed by atoms with Crippen molar-refractivity contribution in [3.8, 4) is 11.1 Å². The number of anilines is 1. The average molecular weight is 526 g/mol. The molecule has 1 aliphatic rings. The Morgan fingerprint density at radius 2 is 1.84 bits per heavy atom. The van der Waals surface area contributed by atoms with E-state index in [-0.39, 0.29) is 18.0 Å². The third-order valence-electron chi connectivity index (χ3n) is 6.49. The summed E-state index contributed by atoms with van der Waals surface area (Å²) >= 11 is 0. The summed E-state index contributed by atoms with van der Waals surface area (Å²) in [6.07, 6.45) is 5.91. The summed E-state index contributed by atoms with van der Waals surface area (Å²) in [5, 5.41) is 2.80. The highest BCUT2D eigenvalue weighted by Crippen LogP contribution is 2.24. The SMILES string of the molecule is CC(C)N(CC(=O)NCc1cccc(-c2cnc(N3CCC[C@@H]3C)nc2)c1)S(=O)(=O)c1ccc(F)cc1. The molecule has 1 aliphatic heterocycles. The average Bonchev–Trinajstić information content (AvgIpc) is 3.32. The summed E-state index contributed by atoms with van der Waals surface area (Å²) in [6.45, 7) is 6.42. The largest absolute Gasteiger partial charge is 0.351 e. The maximum atomic E-state index is 13.3. The van der Waals surface area contributed by atoms with Gasteiger partial charge in [0, 0.05) is 43.1 Å². The first kappa shape index (κ1) is 26.7. The minimum atomic E-state index is -3.96. The predicted molar refractivity (Wildman–Crippen MR) is 141 cm³/mol. The van der Waals surface area contributed by atoms with Crippen LogP contribution in [0.4, 0.5) is 10.3 Å². The van der Waals surface area contributed by atoms with Crippen LogP contribution in [0.3, 0.4) is 0 Å². The molecule has 1 aromatic heterocycles. The van der Waals surface area contributed by atoms with Crippen molar-refractivity contribution in [1.29, 1.82) is 0 Å². The van der Waals surface area contributed by atoms with E-state index in [0.29, 0.717) is 6.04 Å². The number of nitrogens with zero attached hydrogens (tertiary/aromatic N) is 4. The number of rotatable bonds is 9. The van der Waals surface area contributed by atoms with Crippen molar-refractivity contribution in [2.75, 3.05) is 18.0 Å². The number of amides is 1. The van der Waals surface area contributed by atoms with E-state index in [1.807, 2.05) is 36.7 Å². The fourth-order valence-corrected chi connectivity index (χ4v) is 5.99. The van der Waals surface area contributed by atoms with Crippen LogP contribution in [0, 0.1) is 5.82 Å². The molecule has 1 atom stereocenters. The quantitative estimate of drug-likeness (QED) is 0.454. The molecule has 196 valence electrons. The van der Waals surface area contributed by atoms with Crippen LogP contribution >= 0.6 is 0 Å². The van der Waals surface area contributed by atoms with E-state index in [4.69, 9.17) is 0 Å². The molecule has 8 nitrogen and oxygen atoms in total. The first-order valence-electron chi connectivity index (χ1n) is 12.4. The fourth-order valence-electron chi connectivity index (χ4n) is 4.39. The van der Waals surface area contributed by atoms with Crippen LogP contribution in [0.25, 0.3) is 11.1 Å². The Bertz CT molecular complexity index is 1330. The molecular formula is C27H32FN5O3S. The van der Waals surface area contributed by atoms with E-state index in [1.54, 1.807) is 13.8 Å². The Labute approximate surface area is 217 Å². The lowest BCUT2D eigenvalue weighted by Crippen LogP contribution is -2.44. The Morgan fingerprint density at radius 3 is 2.46 bits per heavy atom. The number of halogens is 1. The van der Waals surface area contributed by atoms with E-state index in [2.05, 4.69) is 27.1 Å². The van der Waals surface area contributed by atoms with Gasteiger partial charge in [-0.1, -0.05) is 18.2 Å². The molecule has 1 saturated heterocycles. The van der Waals surface area contributed by atoms with Crippen molar-refractivity contribution >= 4 is 21.9 Å². The van der Waals surface area contributed by atoms with Gasteiger partial charge in [0.25, 0.3) is 0 Å². The zero-order valence-electron chi connectivity index (χ0n) is 21.3. The number of benzene rings is 2. The second-order valence-corrected chi connectivity index (χ2v) is 11.4. The van der Waals surface area contributed by atoms with Crippen molar-refractivity contribution in [3.63, 3.8) is 0 Å². The molecule has 10 heteroatoms. The lowest BCUT2D eigenvalue weighted by atomic mass is 10.1. The molecule has 3 aromatic rings. The van der Waals surface area contributed by atoms with E-state index >= 15 is 0 Å². The molecule has 0 bridgehead atoms. The number of hydrogen-bond donors (Lipinski definition) is 1. The van der Waals surface area contributed by atoms with E-state index in [9.17, 15) is 17.6 Å². The fraction of sp³-hybridized carbons (Fsp3) is 0.370. The highest BCUT2D eigenvalue weighted by atomic mass is 32.2. The van der Waals surface area contributed by atoms with Gasteiger partial charge in [0.2, 0.25) is 21.9 Å². The highest BCUT2D eigenvalue weighted by Gasteiger charge is 2.29. The van der Waals surface area contributed by atoms with E-state index in [1.165, 1.54) is 12.1 Å². The van der Waals surface area contributed by atoms with Crippen molar-refractivity contribution in [1.82, 2.24) is 19.6 Å². The monoisotopic (exact) mass is 525 g/mol. The van der Waals surface area contributed by atoms with E-state index in [0.717, 1.165) is 58.5 Å².